The molecule has 0 unspecified atom stereocenters. The SMILES string of the molecule is CCNC(=O)c1cccc(-c2cc(O)cc(OC(F)(F)F)c2)c1. The summed E-state index contributed by atoms with van der Waals surface area (Å²) in [5.41, 5.74) is 1.15. The molecule has 0 atom stereocenters. The van der Waals surface area contributed by atoms with Gasteiger partial charge in [0.25, 0.3) is 5.91 Å². The van der Waals surface area contributed by atoms with E-state index < -0.39 is 12.1 Å². The molecule has 0 saturated carbocycles. The Morgan fingerprint density at radius 1 is 1.17 bits per heavy atom. The summed E-state index contributed by atoms with van der Waals surface area (Å²) < 4.78 is 40.7. The zero-order valence-electron chi connectivity index (χ0n) is 12.1. The highest BCUT2D eigenvalue weighted by Crippen LogP contribution is 2.32. The van der Waals surface area contributed by atoms with E-state index in [0.29, 0.717) is 23.2 Å². The van der Waals surface area contributed by atoms with Gasteiger partial charge in [-0.3, -0.25) is 4.79 Å². The third kappa shape index (κ3) is 4.64. The molecule has 7 heteroatoms. The lowest BCUT2D eigenvalue weighted by molar-refractivity contribution is -0.274. The van der Waals surface area contributed by atoms with Gasteiger partial charge >= 0.3 is 6.36 Å². The monoisotopic (exact) mass is 325 g/mol. The molecular weight excluding hydrogens is 311 g/mol. The molecule has 0 aliphatic heterocycles. The lowest BCUT2D eigenvalue weighted by atomic mass is 10.0. The fourth-order valence-corrected chi connectivity index (χ4v) is 2.05. The number of rotatable bonds is 4. The summed E-state index contributed by atoms with van der Waals surface area (Å²) in [6.45, 7) is 2.23. The predicted molar refractivity (Wildman–Crippen MR) is 78.2 cm³/mol. The highest BCUT2D eigenvalue weighted by atomic mass is 19.4. The molecule has 0 spiro atoms. The van der Waals surface area contributed by atoms with Crippen LogP contribution in [0.4, 0.5) is 13.2 Å². The van der Waals surface area contributed by atoms with Crippen molar-refractivity contribution in [2.24, 2.45) is 0 Å². The number of ether oxygens (including phenoxy) is 1. The molecule has 0 aliphatic carbocycles. The summed E-state index contributed by atoms with van der Waals surface area (Å²) in [6, 6.07) is 9.64. The van der Waals surface area contributed by atoms with E-state index >= 15 is 0 Å². The fourth-order valence-electron chi connectivity index (χ4n) is 2.05. The smallest absolute Gasteiger partial charge is 0.508 e. The van der Waals surface area contributed by atoms with Gasteiger partial charge in [-0.2, -0.15) is 0 Å². The summed E-state index contributed by atoms with van der Waals surface area (Å²) in [5, 5.41) is 12.2. The third-order valence-electron chi connectivity index (χ3n) is 2.92. The molecule has 0 aliphatic rings. The zero-order valence-corrected chi connectivity index (χ0v) is 12.1. The van der Waals surface area contributed by atoms with Crippen molar-refractivity contribution in [1.29, 1.82) is 0 Å². The van der Waals surface area contributed by atoms with Gasteiger partial charge in [-0.1, -0.05) is 12.1 Å². The molecule has 4 nitrogen and oxygen atoms in total. The van der Waals surface area contributed by atoms with Gasteiger partial charge in [0.15, 0.2) is 0 Å². The molecule has 0 aromatic heterocycles. The van der Waals surface area contributed by atoms with Gasteiger partial charge in [0, 0.05) is 18.2 Å². The molecular formula is C16H14F3NO3. The first-order valence-electron chi connectivity index (χ1n) is 6.77. The second kappa shape index (κ2) is 6.60. The van der Waals surface area contributed by atoms with Crippen molar-refractivity contribution < 1.29 is 27.8 Å². The van der Waals surface area contributed by atoms with Crippen molar-refractivity contribution in [1.82, 2.24) is 5.32 Å². The third-order valence-corrected chi connectivity index (χ3v) is 2.92. The van der Waals surface area contributed by atoms with E-state index in [4.69, 9.17) is 0 Å². The molecule has 0 radical (unpaired) electrons. The summed E-state index contributed by atoms with van der Waals surface area (Å²) in [4.78, 5) is 11.8. The molecule has 2 N–H and O–H groups in total. The average molecular weight is 325 g/mol. The minimum Gasteiger partial charge on any atom is -0.508 e. The summed E-state index contributed by atoms with van der Waals surface area (Å²) in [7, 11) is 0. The molecule has 0 bridgehead atoms. The van der Waals surface area contributed by atoms with E-state index in [0.717, 1.165) is 12.1 Å². The molecule has 2 aromatic carbocycles. The lowest BCUT2D eigenvalue weighted by Gasteiger charge is -2.11. The Morgan fingerprint density at radius 2 is 1.91 bits per heavy atom. The number of carbonyl (C=O) groups excluding carboxylic acids is 1. The second-order valence-corrected chi connectivity index (χ2v) is 4.70. The van der Waals surface area contributed by atoms with Crippen LogP contribution in [0.25, 0.3) is 11.1 Å². The Labute approximate surface area is 130 Å². The largest absolute Gasteiger partial charge is 0.573 e. The van der Waals surface area contributed by atoms with Gasteiger partial charge in [0.05, 0.1) is 0 Å². The molecule has 0 fully saturated rings. The number of phenolic OH excluding ortho intramolecular Hbond substituents is 1. The van der Waals surface area contributed by atoms with Crippen LogP contribution in [0.5, 0.6) is 11.5 Å². The van der Waals surface area contributed by atoms with Crippen LogP contribution in [0.2, 0.25) is 0 Å². The quantitative estimate of drug-likeness (QED) is 0.901. The lowest BCUT2D eigenvalue weighted by Crippen LogP contribution is -2.22. The van der Waals surface area contributed by atoms with Crippen molar-refractivity contribution in [2.45, 2.75) is 13.3 Å². The number of amides is 1. The van der Waals surface area contributed by atoms with Gasteiger partial charge in [0.2, 0.25) is 0 Å². The van der Waals surface area contributed by atoms with E-state index in [9.17, 15) is 23.1 Å². The Kier molecular flexibility index (Phi) is 4.78. The molecule has 1 amide bonds. The Bertz CT molecular complexity index is 714. The van der Waals surface area contributed by atoms with E-state index in [1.165, 1.54) is 12.1 Å². The normalized spacial score (nSPS) is 11.1. The van der Waals surface area contributed by atoms with Crippen LogP contribution in [-0.2, 0) is 0 Å². The molecule has 2 rings (SSSR count). The average Bonchev–Trinajstić information content (AvgIpc) is 2.45. The van der Waals surface area contributed by atoms with Gasteiger partial charge in [-0.05, 0) is 42.3 Å². The maximum Gasteiger partial charge on any atom is 0.573 e. The molecule has 0 heterocycles. The number of benzene rings is 2. The Balaban J connectivity index is 2.38. The topological polar surface area (TPSA) is 58.6 Å². The van der Waals surface area contributed by atoms with Crippen molar-refractivity contribution >= 4 is 5.91 Å². The number of carbonyl (C=O) groups is 1. The van der Waals surface area contributed by atoms with E-state index in [-0.39, 0.29) is 11.7 Å². The summed E-state index contributed by atoms with van der Waals surface area (Å²) in [5.74, 6) is -1.19. The van der Waals surface area contributed by atoms with E-state index in [1.54, 1.807) is 25.1 Å². The van der Waals surface area contributed by atoms with Gasteiger partial charge in [-0.15, -0.1) is 13.2 Å². The standard InChI is InChI=1S/C16H14F3NO3/c1-2-20-15(22)11-5-3-4-10(6-11)12-7-13(21)9-14(8-12)23-16(17,18)19/h3-9,21H,2H2,1H3,(H,20,22). The van der Waals surface area contributed by atoms with Gasteiger partial charge < -0.3 is 15.2 Å². The second-order valence-electron chi connectivity index (χ2n) is 4.70. The van der Waals surface area contributed by atoms with Crippen LogP contribution in [0.3, 0.4) is 0 Å². The summed E-state index contributed by atoms with van der Waals surface area (Å²) >= 11 is 0. The predicted octanol–water partition coefficient (Wildman–Crippen LogP) is 3.71. The maximum atomic E-state index is 12.3. The molecule has 122 valence electrons. The van der Waals surface area contributed by atoms with Crippen molar-refractivity contribution in [3.05, 3.63) is 48.0 Å². The summed E-state index contributed by atoms with van der Waals surface area (Å²) in [6.07, 6.45) is -4.85. The number of phenols is 1. The minimum absolute atomic E-state index is 0.290. The van der Waals surface area contributed by atoms with Crippen LogP contribution in [0, 0.1) is 0 Å². The zero-order chi connectivity index (χ0) is 17.0. The molecule has 23 heavy (non-hydrogen) atoms. The van der Waals surface area contributed by atoms with Crippen molar-refractivity contribution in [3.63, 3.8) is 0 Å². The first kappa shape index (κ1) is 16.7. The van der Waals surface area contributed by atoms with Gasteiger partial charge in [0.1, 0.15) is 11.5 Å². The number of aromatic hydroxyl groups is 1. The first-order valence-corrected chi connectivity index (χ1v) is 6.77. The van der Waals surface area contributed by atoms with Crippen LogP contribution in [-0.4, -0.2) is 23.9 Å². The van der Waals surface area contributed by atoms with Crippen molar-refractivity contribution in [3.8, 4) is 22.6 Å². The highest BCUT2D eigenvalue weighted by molar-refractivity contribution is 5.95. The van der Waals surface area contributed by atoms with Crippen LogP contribution in [0.15, 0.2) is 42.5 Å². The Morgan fingerprint density at radius 3 is 2.57 bits per heavy atom. The number of hydrogen-bond donors (Lipinski definition) is 2. The molecule has 0 saturated heterocycles. The Hall–Kier alpha value is -2.70. The fraction of sp³-hybridized carbons (Fsp3) is 0.188. The van der Waals surface area contributed by atoms with Crippen LogP contribution >= 0.6 is 0 Å². The number of alkyl halides is 3. The minimum atomic E-state index is -4.85. The first-order chi connectivity index (χ1) is 10.8. The maximum absolute atomic E-state index is 12.3. The van der Waals surface area contributed by atoms with Crippen molar-refractivity contribution in [2.75, 3.05) is 6.54 Å². The number of hydrogen-bond acceptors (Lipinski definition) is 3. The van der Waals surface area contributed by atoms with Crippen LogP contribution < -0.4 is 10.1 Å². The van der Waals surface area contributed by atoms with E-state index in [2.05, 4.69) is 10.1 Å². The van der Waals surface area contributed by atoms with Gasteiger partial charge in [-0.25, -0.2) is 0 Å². The van der Waals surface area contributed by atoms with E-state index in [1.807, 2.05) is 0 Å². The number of nitrogens with one attached hydrogen (secondary N) is 1. The number of halogens is 3. The highest BCUT2D eigenvalue weighted by Gasteiger charge is 2.31. The molecule has 2 aromatic rings. The van der Waals surface area contributed by atoms with Crippen LogP contribution in [0.1, 0.15) is 17.3 Å².